The largest absolute Gasteiger partial charge is 0.508 e. The molecule has 11 nitrogen and oxygen atoms in total. The zero-order chi connectivity index (χ0) is 26.1. The molecule has 1 aliphatic rings. The van der Waals surface area contributed by atoms with Crippen molar-refractivity contribution in [2.75, 3.05) is 13.1 Å². The molecule has 1 saturated heterocycles. The van der Waals surface area contributed by atoms with Gasteiger partial charge < -0.3 is 36.6 Å². The molecule has 3 rings (SSSR count). The first-order valence-corrected chi connectivity index (χ1v) is 11.6. The van der Waals surface area contributed by atoms with Crippen LogP contribution in [0.5, 0.6) is 11.5 Å². The van der Waals surface area contributed by atoms with Crippen LogP contribution in [0.3, 0.4) is 0 Å². The van der Waals surface area contributed by atoms with Gasteiger partial charge in [0, 0.05) is 12.8 Å². The summed E-state index contributed by atoms with van der Waals surface area (Å²) in [5.41, 5.74) is 1.30. The van der Waals surface area contributed by atoms with Crippen LogP contribution in [0, 0.1) is 0 Å². The van der Waals surface area contributed by atoms with E-state index in [1.54, 1.807) is 24.3 Å². The molecular weight excluding hydrogens is 468 g/mol. The molecule has 2 aromatic carbocycles. The minimum Gasteiger partial charge on any atom is -0.508 e. The highest BCUT2D eigenvalue weighted by atomic mass is 16.4. The normalized spacial score (nSPS) is 16.5. The topological polar surface area (TPSA) is 177 Å². The van der Waals surface area contributed by atoms with Gasteiger partial charge in [0.2, 0.25) is 17.7 Å². The van der Waals surface area contributed by atoms with Crippen molar-refractivity contribution in [3.8, 4) is 11.5 Å². The van der Waals surface area contributed by atoms with E-state index in [4.69, 9.17) is 5.11 Å². The number of carboxylic acids is 1. The molecule has 1 aliphatic heterocycles. The summed E-state index contributed by atoms with van der Waals surface area (Å²) in [5, 5.41) is 38.7. The van der Waals surface area contributed by atoms with E-state index in [0.717, 1.165) is 6.42 Å². The van der Waals surface area contributed by atoms with Crippen LogP contribution in [-0.2, 0) is 32.0 Å². The molecule has 0 aromatic heterocycles. The van der Waals surface area contributed by atoms with E-state index in [-0.39, 0.29) is 30.2 Å². The fraction of sp³-hybridized carbons (Fsp3) is 0.360. The molecule has 3 amide bonds. The minimum absolute atomic E-state index is 0.0293. The van der Waals surface area contributed by atoms with Gasteiger partial charge in [-0.3, -0.25) is 19.2 Å². The minimum atomic E-state index is -1.24. The van der Waals surface area contributed by atoms with E-state index in [1.165, 1.54) is 24.3 Å². The molecule has 36 heavy (non-hydrogen) atoms. The van der Waals surface area contributed by atoms with Crippen molar-refractivity contribution in [1.29, 1.82) is 0 Å². The molecule has 1 fully saturated rings. The lowest BCUT2D eigenvalue weighted by atomic mass is 10.0. The van der Waals surface area contributed by atoms with Gasteiger partial charge in [-0.05, 0) is 54.8 Å². The number of amides is 3. The van der Waals surface area contributed by atoms with Crippen molar-refractivity contribution in [2.24, 2.45) is 0 Å². The van der Waals surface area contributed by atoms with Crippen LogP contribution >= 0.6 is 0 Å². The standard InChI is InChI=1S/C25H30N4O7/c30-17-7-3-15(4-8-17)12-20(23(34)27-14-22(32)33)28-25(36)21(13-16-5-9-18(31)10-6-16)29-24(35)19-2-1-11-26-19/h3-10,19-21,26,30-31H,1-2,11-14H2,(H,27,34)(H,28,36)(H,29,35)(H,32,33). The molecule has 0 spiro atoms. The lowest BCUT2D eigenvalue weighted by Gasteiger charge is -2.24. The monoisotopic (exact) mass is 498 g/mol. The maximum absolute atomic E-state index is 13.3. The SMILES string of the molecule is O=C(O)CNC(=O)C(Cc1ccc(O)cc1)NC(=O)C(Cc1ccc(O)cc1)NC(=O)C1CCCN1. The summed E-state index contributed by atoms with van der Waals surface area (Å²) in [5.74, 6) is -2.80. The Balaban J connectivity index is 1.78. The molecule has 11 heteroatoms. The fourth-order valence-electron chi connectivity index (χ4n) is 3.89. The molecule has 3 unspecified atom stereocenters. The third-order valence-electron chi connectivity index (χ3n) is 5.81. The van der Waals surface area contributed by atoms with E-state index in [2.05, 4.69) is 21.3 Å². The van der Waals surface area contributed by atoms with E-state index in [0.29, 0.717) is 24.1 Å². The van der Waals surface area contributed by atoms with Crippen LogP contribution in [0.1, 0.15) is 24.0 Å². The highest BCUT2D eigenvalue weighted by Crippen LogP contribution is 2.14. The van der Waals surface area contributed by atoms with Gasteiger partial charge in [0.25, 0.3) is 0 Å². The number of phenolic OH excluding ortho intramolecular Hbond substituents is 2. The average molecular weight is 499 g/mol. The van der Waals surface area contributed by atoms with Crippen LogP contribution in [0.15, 0.2) is 48.5 Å². The van der Waals surface area contributed by atoms with Gasteiger partial charge in [0.15, 0.2) is 0 Å². The van der Waals surface area contributed by atoms with Gasteiger partial charge in [0.1, 0.15) is 30.1 Å². The van der Waals surface area contributed by atoms with Gasteiger partial charge >= 0.3 is 5.97 Å². The highest BCUT2D eigenvalue weighted by molar-refractivity contribution is 5.94. The van der Waals surface area contributed by atoms with Gasteiger partial charge in [-0.15, -0.1) is 0 Å². The molecule has 0 bridgehead atoms. The van der Waals surface area contributed by atoms with E-state index in [1.807, 2.05) is 0 Å². The summed E-state index contributed by atoms with van der Waals surface area (Å²) in [6.45, 7) is 0.0766. The Morgan fingerprint density at radius 2 is 1.36 bits per heavy atom. The van der Waals surface area contributed by atoms with Crippen molar-refractivity contribution in [3.05, 3.63) is 59.7 Å². The summed E-state index contributed by atoms with van der Waals surface area (Å²) >= 11 is 0. The predicted molar refractivity (Wildman–Crippen MR) is 129 cm³/mol. The summed E-state index contributed by atoms with van der Waals surface area (Å²) in [6.07, 6.45) is 1.61. The summed E-state index contributed by atoms with van der Waals surface area (Å²) < 4.78 is 0. The van der Waals surface area contributed by atoms with Crippen LogP contribution in [0.25, 0.3) is 0 Å². The zero-order valence-corrected chi connectivity index (χ0v) is 19.6. The molecule has 0 radical (unpaired) electrons. The number of nitrogens with one attached hydrogen (secondary N) is 4. The Morgan fingerprint density at radius 1 is 0.833 bits per heavy atom. The number of phenols is 2. The summed E-state index contributed by atoms with van der Waals surface area (Å²) in [6, 6.07) is 9.65. The van der Waals surface area contributed by atoms with E-state index in [9.17, 15) is 29.4 Å². The third kappa shape index (κ3) is 7.98. The third-order valence-corrected chi connectivity index (χ3v) is 5.81. The number of aromatic hydroxyl groups is 2. The summed E-state index contributed by atoms with van der Waals surface area (Å²) in [7, 11) is 0. The number of aliphatic carboxylic acids is 1. The number of carbonyl (C=O) groups is 4. The van der Waals surface area contributed by atoms with Crippen molar-refractivity contribution in [3.63, 3.8) is 0 Å². The fourth-order valence-corrected chi connectivity index (χ4v) is 3.89. The Morgan fingerprint density at radius 3 is 1.83 bits per heavy atom. The van der Waals surface area contributed by atoms with Crippen LogP contribution in [-0.4, -0.2) is 70.2 Å². The molecule has 1 heterocycles. The predicted octanol–water partition coefficient (Wildman–Crippen LogP) is -0.195. The molecular formula is C25H30N4O7. The number of carboxylic acid groups (broad SMARTS) is 1. The lowest BCUT2D eigenvalue weighted by molar-refractivity contribution is -0.138. The molecule has 0 aliphatic carbocycles. The van der Waals surface area contributed by atoms with Crippen molar-refractivity contribution < 1.29 is 34.5 Å². The average Bonchev–Trinajstić information content (AvgIpc) is 3.39. The smallest absolute Gasteiger partial charge is 0.322 e. The number of hydrogen-bond acceptors (Lipinski definition) is 7. The first kappa shape index (κ1) is 26.5. The number of benzene rings is 2. The number of carbonyl (C=O) groups excluding carboxylic acids is 3. The Hall–Kier alpha value is -4.12. The van der Waals surface area contributed by atoms with E-state index < -0.39 is 42.5 Å². The van der Waals surface area contributed by atoms with Crippen LogP contribution in [0.4, 0.5) is 0 Å². The maximum Gasteiger partial charge on any atom is 0.322 e. The first-order chi connectivity index (χ1) is 17.2. The lowest BCUT2D eigenvalue weighted by Crippen LogP contribution is -2.57. The molecule has 7 N–H and O–H groups in total. The number of rotatable bonds is 11. The van der Waals surface area contributed by atoms with Crippen molar-refractivity contribution >= 4 is 23.7 Å². The highest BCUT2D eigenvalue weighted by Gasteiger charge is 2.30. The quantitative estimate of drug-likeness (QED) is 0.223. The second-order valence-electron chi connectivity index (χ2n) is 8.62. The van der Waals surface area contributed by atoms with Gasteiger partial charge in [-0.25, -0.2) is 0 Å². The van der Waals surface area contributed by atoms with Crippen molar-refractivity contribution in [1.82, 2.24) is 21.3 Å². The van der Waals surface area contributed by atoms with Crippen molar-refractivity contribution in [2.45, 2.75) is 43.8 Å². The zero-order valence-electron chi connectivity index (χ0n) is 19.6. The number of hydrogen-bond donors (Lipinski definition) is 7. The summed E-state index contributed by atoms with van der Waals surface area (Å²) in [4.78, 5) is 49.8. The first-order valence-electron chi connectivity index (χ1n) is 11.6. The molecule has 2 aromatic rings. The van der Waals surface area contributed by atoms with Crippen LogP contribution in [0.2, 0.25) is 0 Å². The molecule has 0 saturated carbocycles. The van der Waals surface area contributed by atoms with Gasteiger partial charge in [-0.1, -0.05) is 24.3 Å². The second-order valence-corrected chi connectivity index (χ2v) is 8.62. The molecule has 192 valence electrons. The Kier molecular flexibility index (Phi) is 9.23. The van der Waals surface area contributed by atoms with E-state index >= 15 is 0 Å². The Labute approximate surface area is 207 Å². The maximum atomic E-state index is 13.3. The van der Waals surface area contributed by atoms with Crippen LogP contribution < -0.4 is 21.3 Å². The second kappa shape index (κ2) is 12.5. The molecule has 3 atom stereocenters. The van der Waals surface area contributed by atoms with Gasteiger partial charge in [0.05, 0.1) is 6.04 Å². The Bertz CT molecular complexity index is 1070. The van der Waals surface area contributed by atoms with Gasteiger partial charge in [-0.2, -0.15) is 0 Å².